The smallest absolute Gasteiger partial charge is 0.349 e. The second-order valence-corrected chi connectivity index (χ2v) is 3.92. The van der Waals surface area contributed by atoms with Gasteiger partial charge in [-0.05, 0) is 17.7 Å². The Balaban J connectivity index is 2.42. The van der Waals surface area contributed by atoms with Crippen molar-refractivity contribution in [3.8, 4) is 17.4 Å². The van der Waals surface area contributed by atoms with Crippen molar-refractivity contribution in [1.29, 1.82) is 0 Å². The maximum atomic E-state index is 10.9. The van der Waals surface area contributed by atoms with Crippen molar-refractivity contribution in [1.82, 2.24) is 9.97 Å². The molecule has 0 unspecified atom stereocenters. The third-order valence-corrected chi connectivity index (χ3v) is 2.57. The predicted octanol–water partition coefficient (Wildman–Crippen LogP) is 1.26. The lowest BCUT2D eigenvalue weighted by molar-refractivity contribution is -0.386. The van der Waals surface area contributed by atoms with Gasteiger partial charge in [-0.1, -0.05) is 6.07 Å². The molecular weight excluding hydrogens is 280 g/mol. The summed E-state index contributed by atoms with van der Waals surface area (Å²) in [5.41, 5.74) is 5.60. The van der Waals surface area contributed by atoms with E-state index in [-0.39, 0.29) is 24.2 Å². The summed E-state index contributed by atoms with van der Waals surface area (Å²) in [5.74, 6) is 0.0630. The van der Waals surface area contributed by atoms with Crippen LogP contribution in [-0.2, 0) is 6.61 Å². The number of hydrogen-bond donors (Lipinski definition) is 2. The lowest BCUT2D eigenvalue weighted by Gasteiger charge is -2.10. The van der Waals surface area contributed by atoms with Crippen LogP contribution >= 0.6 is 0 Å². The highest BCUT2D eigenvalue weighted by atomic mass is 16.6. The summed E-state index contributed by atoms with van der Waals surface area (Å²) in [6.07, 6.45) is 0.965. The molecule has 9 nitrogen and oxygen atoms in total. The van der Waals surface area contributed by atoms with Crippen LogP contribution in [0.5, 0.6) is 17.4 Å². The van der Waals surface area contributed by atoms with Crippen LogP contribution in [0.3, 0.4) is 0 Å². The van der Waals surface area contributed by atoms with Gasteiger partial charge in [0.25, 0.3) is 0 Å². The van der Waals surface area contributed by atoms with Crippen LogP contribution in [0, 0.1) is 10.1 Å². The molecule has 0 saturated carbocycles. The molecular formula is C12H12N4O5. The van der Waals surface area contributed by atoms with Crippen LogP contribution in [0.25, 0.3) is 0 Å². The third kappa shape index (κ3) is 3.15. The van der Waals surface area contributed by atoms with Crippen molar-refractivity contribution in [2.24, 2.45) is 0 Å². The van der Waals surface area contributed by atoms with Crippen molar-refractivity contribution < 1.29 is 19.5 Å². The minimum absolute atomic E-state index is 0.151. The van der Waals surface area contributed by atoms with Crippen LogP contribution in [0.15, 0.2) is 24.4 Å². The predicted molar refractivity (Wildman–Crippen MR) is 72.1 cm³/mol. The van der Waals surface area contributed by atoms with Crippen molar-refractivity contribution in [3.05, 3.63) is 40.1 Å². The van der Waals surface area contributed by atoms with E-state index in [2.05, 4.69) is 9.97 Å². The van der Waals surface area contributed by atoms with E-state index in [4.69, 9.17) is 20.3 Å². The summed E-state index contributed by atoms with van der Waals surface area (Å²) in [5, 5.41) is 20.0. The SMILES string of the molecule is COc1cc(CO)ccc1Oc1nc(N)ncc1[N+](=O)[O-]. The van der Waals surface area contributed by atoms with Crippen LogP contribution in [0.1, 0.15) is 5.56 Å². The Kier molecular flexibility index (Phi) is 4.14. The molecule has 0 fully saturated rings. The van der Waals surface area contributed by atoms with Crippen LogP contribution < -0.4 is 15.2 Å². The number of aliphatic hydroxyl groups excluding tert-OH is 1. The van der Waals surface area contributed by atoms with E-state index in [1.807, 2.05) is 0 Å². The summed E-state index contributed by atoms with van der Waals surface area (Å²) in [6, 6.07) is 4.65. The number of nitro groups is 1. The second kappa shape index (κ2) is 6.01. The molecule has 110 valence electrons. The minimum Gasteiger partial charge on any atom is -0.493 e. The number of nitrogens with two attached hydrogens (primary N) is 1. The molecule has 0 aliphatic rings. The fraction of sp³-hybridized carbons (Fsp3) is 0.167. The number of anilines is 1. The van der Waals surface area contributed by atoms with Gasteiger partial charge in [0, 0.05) is 0 Å². The van der Waals surface area contributed by atoms with Gasteiger partial charge in [-0.2, -0.15) is 4.98 Å². The molecule has 0 amide bonds. The molecule has 9 heteroatoms. The molecule has 0 aliphatic heterocycles. The van der Waals surface area contributed by atoms with E-state index < -0.39 is 10.6 Å². The van der Waals surface area contributed by atoms with Gasteiger partial charge in [0.05, 0.1) is 18.6 Å². The number of ether oxygens (including phenoxy) is 2. The number of hydrogen-bond acceptors (Lipinski definition) is 8. The Morgan fingerprint density at radius 1 is 1.43 bits per heavy atom. The molecule has 0 aliphatic carbocycles. The topological polar surface area (TPSA) is 134 Å². The van der Waals surface area contributed by atoms with E-state index in [0.717, 1.165) is 6.20 Å². The summed E-state index contributed by atoms with van der Waals surface area (Å²) in [6.45, 7) is -0.169. The number of nitrogen functional groups attached to an aromatic ring is 1. The van der Waals surface area contributed by atoms with Gasteiger partial charge in [-0.3, -0.25) is 10.1 Å². The van der Waals surface area contributed by atoms with Gasteiger partial charge in [-0.25, -0.2) is 4.98 Å². The average Bonchev–Trinajstić information content (AvgIpc) is 2.47. The molecule has 0 bridgehead atoms. The van der Waals surface area contributed by atoms with E-state index in [0.29, 0.717) is 11.3 Å². The minimum atomic E-state index is -0.677. The van der Waals surface area contributed by atoms with E-state index in [1.54, 1.807) is 12.1 Å². The zero-order valence-corrected chi connectivity index (χ0v) is 11.0. The lowest BCUT2D eigenvalue weighted by atomic mass is 10.2. The molecule has 1 aromatic heterocycles. The Labute approximate surface area is 119 Å². The lowest BCUT2D eigenvalue weighted by Crippen LogP contribution is -2.02. The van der Waals surface area contributed by atoms with Gasteiger partial charge in [0.15, 0.2) is 11.5 Å². The zero-order valence-electron chi connectivity index (χ0n) is 11.0. The molecule has 21 heavy (non-hydrogen) atoms. The van der Waals surface area contributed by atoms with Crippen molar-refractivity contribution in [3.63, 3.8) is 0 Å². The van der Waals surface area contributed by atoms with Crippen LogP contribution in [0.2, 0.25) is 0 Å². The maximum Gasteiger partial charge on any atom is 0.349 e. The molecule has 1 heterocycles. The summed E-state index contributed by atoms with van der Waals surface area (Å²) in [4.78, 5) is 17.5. The number of benzene rings is 1. The average molecular weight is 292 g/mol. The largest absolute Gasteiger partial charge is 0.493 e. The number of aliphatic hydroxyl groups is 1. The molecule has 0 saturated heterocycles. The molecule has 1 aromatic carbocycles. The van der Waals surface area contributed by atoms with Gasteiger partial charge >= 0.3 is 11.6 Å². The molecule has 0 radical (unpaired) electrons. The highest BCUT2D eigenvalue weighted by Gasteiger charge is 2.20. The monoisotopic (exact) mass is 292 g/mol. The van der Waals surface area contributed by atoms with E-state index in [9.17, 15) is 10.1 Å². The van der Waals surface area contributed by atoms with Crippen LogP contribution in [-0.4, -0.2) is 27.1 Å². The Bertz CT molecular complexity index is 677. The zero-order chi connectivity index (χ0) is 15.4. The third-order valence-electron chi connectivity index (χ3n) is 2.57. The fourth-order valence-electron chi connectivity index (χ4n) is 1.57. The van der Waals surface area contributed by atoms with E-state index in [1.165, 1.54) is 13.2 Å². The highest BCUT2D eigenvalue weighted by molar-refractivity contribution is 5.49. The fourth-order valence-corrected chi connectivity index (χ4v) is 1.57. The standard InChI is InChI=1S/C12H12N4O5/c1-20-10-4-7(6-17)2-3-9(10)21-11-8(16(18)19)5-14-12(13)15-11/h2-5,17H,6H2,1H3,(H2,13,14,15). The normalized spacial score (nSPS) is 10.2. The molecule has 0 atom stereocenters. The first kappa shape index (κ1) is 14.5. The molecule has 2 aromatic rings. The van der Waals surface area contributed by atoms with Gasteiger partial charge in [0.1, 0.15) is 6.20 Å². The Morgan fingerprint density at radius 3 is 2.81 bits per heavy atom. The van der Waals surface area contributed by atoms with Gasteiger partial charge in [-0.15, -0.1) is 0 Å². The quantitative estimate of drug-likeness (QED) is 0.621. The highest BCUT2D eigenvalue weighted by Crippen LogP contribution is 2.35. The van der Waals surface area contributed by atoms with Gasteiger partial charge < -0.3 is 20.3 Å². The second-order valence-electron chi connectivity index (χ2n) is 3.92. The summed E-state index contributed by atoms with van der Waals surface area (Å²) >= 11 is 0. The Morgan fingerprint density at radius 2 is 2.19 bits per heavy atom. The number of methoxy groups -OCH3 is 1. The van der Waals surface area contributed by atoms with Crippen molar-refractivity contribution >= 4 is 11.6 Å². The number of nitrogens with zero attached hydrogens (tertiary/aromatic N) is 3. The van der Waals surface area contributed by atoms with Gasteiger partial charge in [0.2, 0.25) is 5.95 Å². The summed E-state index contributed by atoms with van der Waals surface area (Å²) < 4.78 is 10.5. The maximum absolute atomic E-state index is 10.9. The van der Waals surface area contributed by atoms with Crippen molar-refractivity contribution in [2.45, 2.75) is 6.61 Å². The first-order chi connectivity index (χ1) is 10.0. The molecule has 0 spiro atoms. The first-order valence-corrected chi connectivity index (χ1v) is 5.77. The van der Waals surface area contributed by atoms with Crippen LogP contribution in [0.4, 0.5) is 11.6 Å². The number of aromatic nitrogens is 2. The molecule has 3 N–H and O–H groups in total. The Hall–Kier alpha value is -2.94. The van der Waals surface area contributed by atoms with E-state index >= 15 is 0 Å². The number of rotatable bonds is 5. The first-order valence-electron chi connectivity index (χ1n) is 5.77. The summed E-state index contributed by atoms with van der Waals surface area (Å²) in [7, 11) is 1.41. The molecule has 2 rings (SSSR count). The van der Waals surface area contributed by atoms with Crippen molar-refractivity contribution in [2.75, 3.05) is 12.8 Å².